The SMILES string of the molecule is C=CC(=O)N1CCN(c2nc(=O)n(-c3c(S(=O)(=O)N(C)C)ccnc3C)c3nc(-c4c(F)cccc4F)c(F)cc23)[C@@H](C)C1. The normalized spacial score (nSPS) is 15.7. The quantitative estimate of drug-likeness (QED) is 0.299. The Bertz CT molecular complexity index is 1980. The summed E-state index contributed by atoms with van der Waals surface area (Å²) in [6.45, 7) is 7.43. The maximum absolute atomic E-state index is 15.8. The fourth-order valence-corrected chi connectivity index (χ4v) is 6.35. The average Bonchev–Trinajstić information content (AvgIpc) is 2.97. The molecular weight excluding hydrogens is 599 g/mol. The van der Waals surface area contributed by atoms with Gasteiger partial charge in [0.15, 0.2) is 11.5 Å². The first kappa shape index (κ1) is 30.8. The van der Waals surface area contributed by atoms with E-state index in [2.05, 4.69) is 21.5 Å². The van der Waals surface area contributed by atoms with E-state index in [-0.39, 0.29) is 58.7 Å². The summed E-state index contributed by atoms with van der Waals surface area (Å²) in [5, 5.41) is -0.0330. The zero-order valence-corrected chi connectivity index (χ0v) is 25.1. The van der Waals surface area contributed by atoms with Crippen molar-refractivity contribution in [2.24, 2.45) is 0 Å². The number of aryl methyl sites for hydroxylation is 1. The Kier molecular flexibility index (Phi) is 8.03. The van der Waals surface area contributed by atoms with Gasteiger partial charge in [-0.1, -0.05) is 12.6 Å². The molecule has 1 aromatic carbocycles. The highest BCUT2D eigenvalue weighted by molar-refractivity contribution is 7.89. The fraction of sp³-hybridized carbons (Fsp3) is 0.276. The van der Waals surface area contributed by atoms with E-state index in [1.165, 1.54) is 39.4 Å². The number of carbonyl (C=O) groups excluding carboxylic acids is 1. The first-order valence-electron chi connectivity index (χ1n) is 13.4. The molecule has 0 bridgehead atoms. The third-order valence-corrected chi connectivity index (χ3v) is 9.29. The highest BCUT2D eigenvalue weighted by atomic mass is 32.2. The molecule has 0 saturated carbocycles. The van der Waals surface area contributed by atoms with Crippen molar-refractivity contribution >= 4 is 32.8 Å². The van der Waals surface area contributed by atoms with Gasteiger partial charge in [0.05, 0.1) is 22.3 Å². The number of rotatable bonds is 6. The molecule has 4 heterocycles. The molecule has 1 amide bonds. The molecule has 5 rings (SSSR count). The molecule has 15 heteroatoms. The molecule has 1 aliphatic heterocycles. The number of halogens is 3. The summed E-state index contributed by atoms with van der Waals surface area (Å²) in [5.41, 5.74) is -2.90. The van der Waals surface area contributed by atoms with Gasteiger partial charge in [0, 0.05) is 46.0 Å². The molecule has 1 fully saturated rings. The second-order valence-electron chi connectivity index (χ2n) is 10.4. The lowest BCUT2D eigenvalue weighted by Crippen LogP contribution is -2.54. The molecule has 1 saturated heterocycles. The average molecular weight is 628 g/mol. The van der Waals surface area contributed by atoms with E-state index in [0.717, 1.165) is 33.1 Å². The fourth-order valence-electron chi connectivity index (χ4n) is 5.24. The van der Waals surface area contributed by atoms with Gasteiger partial charge >= 0.3 is 5.69 Å². The molecule has 1 atom stereocenters. The molecule has 0 unspecified atom stereocenters. The van der Waals surface area contributed by atoms with E-state index < -0.39 is 50.5 Å². The minimum Gasteiger partial charge on any atom is -0.350 e. The van der Waals surface area contributed by atoms with Crippen molar-refractivity contribution in [3.05, 3.63) is 82.8 Å². The molecule has 3 aromatic heterocycles. The van der Waals surface area contributed by atoms with Gasteiger partial charge in [0.2, 0.25) is 15.9 Å². The highest BCUT2D eigenvalue weighted by Gasteiger charge is 2.32. The molecule has 4 aromatic rings. The Labute approximate surface area is 250 Å². The van der Waals surface area contributed by atoms with Crippen molar-refractivity contribution in [2.45, 2.75) is 24.8 Å². The van der Waals surface area contributed by atoms with Crippen LogP contribution in [-0.4, -0.2) is 82.8 Å². The number of fused-ring (bicyclic) bond motifs is 1. The molecule has 230 valence electrons. The van der Waals surface area contributed by atoms with E-state index in [1.54, 1.807) is 16.7 Å². The van der Waals surface area contributed by atoms with Crippen LogP contribution < -0.4 is 10.6 Å². The number of sulfonamides is 1. The summed E-state index contributed by atoms with van der Waals surface area (Å²) in [5.74, 6) is -3.57. The second-order valence-corrected chi connectivity index (χ2v) is 12.5. The molecule has 1 aliphatic rings. The molecule has 44 heavy (non-hydrogen) atoms. The minimum atomic E-state index is -4.18. The lowest BCUT2D eigenvalue weighted by molar-refractivity contribution is -0.126. The van der Waals surface area contributed by atoms with Crippen LogP contribution in [0.3, 0.4) is 0 Å². The third-order valence-electron chi connectivity index (χ3n) is 7.44. The summed E-state index contributed by atoms with van der Waals surface area (Å²) < 4.78 is 74.1. The van der Waals surface area contributed by atoms with Crippen molar-refractivity contribution < 1.29 is 26.4 Å². The number of nitrogens with zero attached hydrogens (tertiary/aromatic N) is 7. The van der Waals surface area contributed by atoms with Crippen LogP contribution in [0.25, 0.3) is 28.0 Å². The van der Waals surface area contributed by atoms with Gasteiger partial charge in [-0.2, -0.15) is 4.98 Å². The Hall–Kier alpha value is -4.63. The number of piperazine rings is 1. The van der Waals surface area contributed by atoms with Gasteiger partial charge < -0.3 is 9.80 Å². The summed E-state index contributed by atoms with van der Waals surface area (Å²) in [4.78, 5) is 41.8. The summed E-state index contributed by atoms with van der Waals surface area (Å²) in [7, 11) is -1.56. The number of amides is 1. The number of benzene rings is 1. The van der Waals surface area contributed by atoms with Gasteiger partial charge in [-0.3, -0.25) is 9.78 Å². The number of hydrogen-bond acceptors (Lipinski definition) is 8. The van der Waals surface area contributed by atoms with E-state index in [0.29, 0.717) is 0 Å². The third kappa shape index (κ3) is 5.11. The maximum Gasteiger partial charge on any atom is 0.355 e. The second kappa shape index (κ2) is 11.5. The Balaban J connectivity index is 1.87. The molecule has 11 nitrogen and oxygen atoms in total. The van der Waals surface area contributed by atoms with Crippen LogP contribution in [0.5, 0.6) is 0 Å². The number of anilines is 1. The van der Waals surface area contributed by atoms with Crippen molar-refractivity contribution in [3.63, 3.8) is 0 Å². The smallest absolute Gasteiger partial charge is 0.350 e. The van der Waals surface area contributed by atoms with Crippen molar-refractivity contribution in [2.75, 3.05) is 38.6 Å². The standard InChI is InChI=1S/C29H28F3N7O4S/c1-6-23(40)37-12-13-38(16(2)15-37)27-18-14-21(32)25(24-19(30)8-7-9-20(24)31)34-28(18)39(29(41)35-27)26-17(3)33-11-10-22(26)44(42,43)36(4)5/h6-11,14,16H,1,12-13,15H2,2-5H3/t16-/m0/s1. The predicted molar refractivity (Wildman–Crippen MR) is 157 cm³/mol. The Morgan fingerprint density at radius 2 is 1.77 bits per heavy atom. The largest absolute Gasteiger partial charge is 0.355 e. The van der Waals surface area contributed by atoms with Gasteiger partial charge in [-0.15, -0.1) is 0 Å². The van der Waals surface area contributed by atoms with E-state index in [4.69, 9.17) is 0 Å². The number of aromatic nitrogens is 4. The van der Waals surface area contributed by atoms with Crippen LogP contribution in [0.15, 0.2) is 58.9 Å². The lowest BCUT2D eigenvalue weighted by Gasteiger charge is -2.40. The van der Waals surface area contributed by atoms with Crippen LogP contribution in [0.1, 0.15) is 12.6 Å². The van der Waals surface area contributed by atoms with Gasteiger partial charge in [0.25, 0.3) is 0 Å². The van der Waals surface area contributed by atoms with Crippen molar-refractivity contribution in [3.8, 4) is 16.9 Å². The molecule has 0 aliphatic carbocycles. The number of hydrogen-bond donors (Lipinski definition) is 0. The topological polar surface area (TPSA) is 122 Å². The van der Waals surface area contributed by atoms with E-state index >= 15 is 4.39 Å². The summed E-state index contributed by atoms with van der Waals surface area (Å²) >= 11 is 0. The first-order valence-corrected chi connectivity index (χ1v) is 14.9. The zero-order chi connectivity index (χ0) is 32.1. The predicted octanol–water partition coefficient (Wildman–Crippen LogP) is 3.04. The Morgan fingerprint density at radius 3 is 2.39 bits per heavy atom. The van der Waals surface area contributed by atoms with Crippen molar-refractivity contribution in [1.82, 2.24) is 28.7 Å². The molecule has 0 radical (unpaired) electrons. The summed E-state index contributed by atoms with van der Waals surface area (Å²) in [6, 6.07) is 4.74. The highest BCUT2D eigenvalue weighted by Crippen LogP contribution is 2.34. The van der Waals surface area contributed by atoms with E-state index in [9.17, 15) is 26.8 Å². The number of carbonyl (C=O) groups is 1. The summed E-state index contributed by atoms with van der Waals surface area (Å²) in [6.07, 6.45) is 2.44. The monoisotopic (exact) mass is 627 g/mol. The van der Waals surface area contributed by atoms with Crippen LogP contribution in [0, 0.1) is 24.4 Å². The first-order chi connectivity index (χ1) is 20.8. The molecule has 0 N–H and O–H groups in total. The van der Waals surface area contributed by atoms with Crippen LogP contribution in [0.2, 0.25) is 0 Å². The van der Waals surface area contributed by atoms with Gasteiger partial charge in [-0.25, -0.2) is 40.2 Å². The maximum atomic E-state index is 15.8. The van der Waals surface area contributed by atoms with Gasteiger partial charge in [-0.05, 0) is 44.2 Å². The zero-order valence-electron chi connectivity index (χ0n) is 24.3. The minimum absolute atomic E-state index is 0.00460. The Morgan fingerprint density at radius 1 is 1.09 bits per heavy atom. The van der Waals surface area contributed by atoms with Crippen LogP contribution in [-0.2, 0) is 14.8 Å². The molecule has 0 spiro atoms. The van der Waals surface area contributed by atoms with E-state index in [1.807, 2.05) is 0 Å². The molecular formula is C29H28F3N7O4S. The van der Waals surface area contributed by atoms with Gasteiger partial charge in [0.1, 0.15) is 28.0 Å². The van der Waals surface area contributed by atoms with Crippen LogP contribution in [0.4, 0.5) is 19.0 Å². The lowest BCUT2D eigenvalue weighted by atomic mass is 10.1. The number of pyridine rings is 2. The van der Waals surface area contributed by atoms with Crippen molar-refractivity contribution in [1.29, 1.82) is 0 Å². The van der Waals surface area contributed by atoms with Crippen LogP contribution >= 0.6 is 0 Å².